The van der Waals surface area contributed by atoms with Crippen molar-refractivity contribution in [1.82, 2.24) is 0 Å². The van der Waals surface area contributed by atoms with Gasteiger partial charge in [-0.25, -0.2) is 0 Å². The fraction of sp³-hybridized carbons (Fsp3) is 0.286. The van der Waals surface area contributed by atoms with Crippen molar-refractivity contribution in [3.05, 3.63) is 70.8 Å². The van der Waals surface area contributed by atoms with E-state index in [0.717, 1.165) is 40.0 Å². The number of allylic oxidation sites excluding steroid dienone is 2. The van der Waals surface area contributed by atoms with Gasteiger partial charge in [0.1, 0.15) is 12.4 Å². The first-order valence-corrected chi connectivity index (χ1v) is 8.01. The summed E-state index contributed by atoms with van der Waals surface area (Å²) in [5.41, 5.74) is 5.50. The number of rotatable bonds is 6. The van der Waals surface area contributed by atoms with Crippen LogP contribution in [0.5, 0.6) is 5.75 Å². The molecule has 0 aliphatic carbocycles. The van der Waals surface area contributed by atoms with Crippen molar-refractivity contribution < 1.29 is 9.53 Å². The molecule has 0 atom stereocenters. The maximum Gasteiger partial charge on any atom is 0.152 e. The molecule has 2 nitrogen and oxygen atoms in total. The summed E-state index contributed by atoms with van der Waals surface area (Å²) in [6.07, 6.45) is 2.54. The molecule has 0 aliphatic rings. The average molecular weight is 308 g/mol. The Morgan fingerprint density at radius 1 is 1.09 bits per heavy atom. The predicted octanol–water partition coefficient (Wildman–Crippen LogP) is 5.26. The van der Waals surface area contributed by atoms with E-state index in [2.05, 4.69) is 45.0 Å². The van der Waals surface area contributed by atoms with Crippen molar-refractivity contribution in [3.63, 3.8) is 0 Å². The zero-order valence-electron chi connectivity index (χ0n) is 14.3. The van der Waals surface area contributed by atoms with Gasteiger partial charge in [0.05, 0.1) is 0 Å². The van der Waals surface area contributed by atoms with Gasteiger partial charge in [-0.15, -0.1) is 0 Å². The topological polar surface area (TPSA) is 26.3 Å². The zero-order valence-corrected chi connectivity index (χ0v) is 14.3. The summed E-state index contributed by atoms with van der Waals surface area (Å²) in [5.74, 6) is 0.989. The summed E-state index contributed by atoms with van der Waals surface area (Å²) in [5, 5.41) is 0. The number of carbonyl (C=O) groups excluding carboxylic acids is 1. The standard InChI is InChI=1S/C21H24O2/c1-5-19(13-16(3)22)20-12-11-15(2)21(17(20)4)23-14-18-9-7-6-8-10-18/h6-13H,5,14H2,1-4H3/b19-13+. The van der Waals surface area contributed by atoms with Gasteiger partial charge < -0.3 is 4.74 Å². The third-order valence-electron chi connectivity index (χ3n) is 3.93. The molecule has 2 heteroatoms. The van der Waals surface area contributed by atoms with Crippen molar-refractivity contribution >= 4 is 11.4 Å². The Labute approximate surface area is 138 Å². The normalized spacial score (nSPS) is 11.4. The molecule has 0 saturated carbocycles. The predicted molar refractivity (Wildman–Crippen MR) is 95.6 cm³/mol. The summed E-state index contributed by atoms with van der Waals surface area (Å²) >= 11 is 0. The van der Waals surface area contributed by atoms with E-state index in [1.54, 1.807) is 13.0 Å². The van der Waals surface area contributed by atoms with Gasteiger partial charge in [-0.05, 0) is 61.1 Å². The molecule has 0 bridgehead atoms. The highest BCUT2D eigenvalue weighted by Crippen LogP contribution is 2.32. The monoisotopic (exact) mass is 308 g/mol. The van der Waals surface area contributed by atoms with Crippen LogP contribution in [0.4, 0.5) is 0 Å². The second-order valence-corrected chi connectivity index (χ2v) is 5.79. The molecule has 23 heavy (non-hydrogen) atoms. The van der Waals surface area contributed by atoms with Crippen molar-refractivity contribution in [3.8, 4) is 5.75 Å². The Hall–Kier alpha value is -2.35. The molecule has 0 amide bonds. The fourth-order valence-electron chi connectivity index (χ4n) is 2.74. The van der Waals surface area contributed by atoms with Gasteiger partial charge in [0, 0.05) is 0 Å². The van der Waals surface area contributed by atoms with Crippen LogP contribution in [-0.2, 0) is 11.4 Å². The lowest BCUT2D eigenvalue weighted by Crippen LogP contribution is -2.01. The molecule has 0 spiro atoms. The number of hydrogen-bond acceptors (Lipinski definition) is 2. The molecular weight excluding hydrogens is 284 g/mol. The lowest BCUT2D eigenvalue weighted by Gasteiger charge is -2.17. The SMILES string of the molecule is CC/C(=C\C(C)=O)c1ccc(C)c(OCc2ccccc2)c1C. The van der Waals surface area contributed by atoms with Crippen LogP contribution in [0, 0.1) is 13.8 Å². The molecule has 0 fully saturated rings. The number of carbonyl (C=O) groups is 1. The third-order valence-corrected chi connectivity index (χ3v) is 3.93. The molecule has 0 aliphatic heterocycles. The van der Waals surface area contributed by atoms with Gasteiger partial charge in [0.2, 0.25) is 0 Å². The van der Waals surface area contributed by atoms with Gasteiger partial charge in [0.25, 0.3) is 0 Å². The van der Waals surface area contributed by atoms with E-state index in [4.69, 9.17) is 4.74 Å². The minimum absolute atomic E-state index is 0.0774. The number of hydrogen-bond donors (Lipinski definition) is 0. The fourth-order valence-corrected chi connectivity index (χ4v) is 2.74. The molecule has 120 valence electrons. The van der Waals surface area contributed by atoms with E-state index in [1.807, 2.05) is 18.2 Å². The van der Waals surface area contributed by atoms with E-state index in [9.17, 15) is 4.79 Å². The number of ketones is 1. The summed E-state index contributed by atoms with van der Waals surface area (Å²) in [6.45, 7) is 8.32. The van der Waals surface area contributed by atoms with Crippen LogP contribution in [0.15, 0.2) is 48.5 Å². The second kappa shape index (κ2) is 7.77. The quantitative estimate of drug-likeness (QED) is 0.680. The number of benzene rings is 2. The van der Waals surface area contributed by atoms with Gasteiger partial charge in [-0.1, -0.05) is 49.4 Å². The summed E-state index contributed by atoms with van der Waals surface area (Å²) in [4.78, 5) is 11.5. The van der Waals surface area contributed by atoms with Gasteiger partial charge in [-0.3, -0.25) is 4.79 Å². The summed E-state index contributed by atoms with van der Waals surface area (Å²) in [7, 11) is 0. The van der Waals surface area contributed by atoms with Crippen molar-refractivity contribution in [2.45, 2.75) is 40.7 Å². The largest absolute Gasteiger partial charge is 0.488 e. The first-order chi connectivity index (χ1) is 11.0. The molecule has 0 N–H and O–H groups in total. The van der Waals surface area contributed by atoms with E-state index >= 15 is 0 Å². The zero-order chi connectivity index (χ0) is 16.8. The Bertz CT molecular complexity index is 712. The Morgan fingerprint density at radius 2 is 1.78 bits per heavy atom. The van der Waals surface area contributed by atoms with Crippen LogP contribution < -0.4 is 4.74 Å². The van der Waals surface area contributed by atoms with Crippen LogP contribution in [0.25, 0.3) is 5.57 Å². The maximum atomic E-state index is 11.5. The third kappa shape index (κ3) is 4.32. The molecular formula is C21H24O2. The smallest absolute Gasteiger partial charge is 0.152 e. The van der Waals surface area contributed by atoms with E-state index in [0.29, 0.717) is 6.61 Å². The maximum absolute atomic E-state index is 11.5. The Morgan fingerprint density at radius 3 is 2.39 bits per heavy atom. The molecule has 2 rings (SSSR count). The summed E-state index contributed by atoms with van der Waals surface area (Å²) < 4.78 is 6.08. The molecule has 2 aromatic rings. The van der Waals surface area contributed by atoms with E-state index < -0.39 is 0 Å². The van der Waals surface area contributed by atoms with E-state index in [1.165, 1.54) is 0 Å². The van der Waals surface area contributed by atoms with Crippen LogP contribution >= 0.6 is 0 Å². The lowest BCUT2D eigenvalue weighted by atomic mass is 9.95. The van der Waals surface area contributed by atoms with Gasteiger partial charge in [0.15, 0.2) is 5.78 Å². The van der Waals surface area contributed by atoms with Crippen LogP contribution in [0.1, 0.15) is 42.5 Å². The van der Waals surface area contributed by atoms with Crippen LogP contribution in [0.3, 0.4) is 0 Å². The van der Waals surface area contributed by atoms with Gasteiger partial charge in [-0.2, -0.15) is 0 Å². The lowest BCUT2D eigenvalue weighted by molar-refractivity contribution is -0.112. The molecule has 0 aromatic heterocycles. The molecule has 2 aromatic carbocycles. The van der Waals surface area contributed by atoms with Crippen molar-refractivity contribution in [1.29, 1.82) is 0 Å². The summed E-state index contributed by atoms with van der Waals surface area (Å²) in [6, 6.07) is 14.3. The average Bonchev–Trinajstić information content (AvgIpc) is 2.54. The first kappa shape index (κ1) is 17.0. The minimum Gasteiger partial charge on any atom is -0.488 e. The highest BCUT2D eigenvalue weighted by molar-refractivity contribution is 5.95. The number of aryl methyl sites for hydroxylation is 1. The van der Waals surface area contributed by atoms with Crippen LogP contribution in [0.2, 0.25) is 0 Å². The Kier molecular flexibility index (Phi) is 5.75. The molecule has 0 saturated heterocycles. The Balaban J connectivity index is 2.33. The highest BCUT2D eigenvalue weighted by Gasteiger charge is 2.12. The van der Waals surface area contributed by atoms with Crippen molar-refractivity contribution in [2.24, 2.45) is 0 Å². The molecule has 0 unspecified atom stereocenters. The minimum atomic E-state index is 0.0774. The number of ether oxygens (including phenoxy) is 1. The molecule has 0 radical (unpaired) electrons. The van der Waals surface area contributed by atoms with E-state index in [-0.39, 0.29) is 5.78 Å². The second-order valence-electron chi connectivity index (χ2n) is 5.79. The highest BCUT2D eigenvalue weighted by atomic mass is 16.5. The van der Waals surface area contributed by atoms with Gasteiger partial charge >= 0.3 is 0 Å². The first-order valence-electron chi connectivity index (χ1n) is 8.01. The molecule has 0 heterocycles. The van der Waals surface area contributed by atoms with Crippen LogP contribution in [-0.4, -0.2) is 5.78 Å². The van der Waals surface area contributed by atoms with Crippen molar-refractivity contribution in [2.75, 3.05) is 0 Å².